The largest absolute Gasteiger partial charge is 0.490 e. The molecule has 0 amide bonds. The summed E-state index contributed by atoms with van der Waals surface area (Å²) in [5, 5.41) is 5.49. The Morgan fingerprint density at radius 3 is 1.91 bits per heavy atom. The molecule has 0 aliphatic carbocycles. The molecule has 0 aromatic carbocycles. The molecule has 3 heterocycles. The van der Waals surface area contributed by atoms with Gasteiger partial charge in [0.1, 0.15) is 11.4 Å². The Morgan fingerprint density at radius 1 is 1.03 bits per heavy atom. The molecule has 3 aromatic heterocycles. The number of nitrogens with one attached hydrogen (secondary N) is 1. The molecule has 0 aliphatic heterocycles. The van der Waals surface area contributed by atoms with Crippen LogP contribution in [0.25, 0.3) is 11.5 Å². The number of rotatable bonds is 3. The molecule has 0 bridgehead atoms. The van der Waals surface area contributed by atoms with Crippen LogP contribution in [0.1, 0.15) is 30.2 Å². The van der Waals surface area contributed by atoms with E-state index in [1.807, 2.05) is 5.10 Å². The number of hydrogen-bond acceptors (Lipinski definition) is 6. The van der Waals surface area contributed by atoms with E-state index < -0.39 is 24.0 Å². The van der Waals surface area contributed by atoms with Crippen LogP contribution in [-0.4, -0.2) is 53.8 Å². The first kappa shape index (κ1) is 27.4. The van der Waals surface area contributed by atoms with E-state index in [0.29, 0.717) is 11.6 Å². The first-order valence-corrected chi connectivity index (χ1v) is 9.00. The van der Waals surface area contributed by atoms with Crippen molar-refractivity contribution in [2.45, 2.75) is 26.2 Å². The number of aromatic amines is 1. The molecular formula is C18H20F6N6O3. The van der Waals surface area contributed by atoms with Crippen LogP contribution < -0.4 is 0 Å². The maximum Gasteiger partial charge on any atom is 0.490 e. The van der Waals surface area contributed by atoms with Crippen LogP contribution in [0.4, 0.5) is 26.3 Å². The quantitative estimate of drug-likeness (QED) is 0.348. The van der Waals surface area contributed by atoms with Gasteiger partial charge >= 0.3 is 18.3 Å². The number of esters is 1. The van der Waals surface area contributed by atoms with Crippen LogP contribution in [0.5, 0.6) is 0 Å². The van der Waals surface area contributed by atoms with Crippen molar-refractivity contribution in [3.8, 4) is 11.5 Å². The number of carbonyl (C=O) groups excluding carboxylic acids is 2. The molecule has 9 nitrogen and oxygen atoms in total. The van der Waals surface area contributed by atoms with E-state index in [1.165, 1.54) is 20.0 Å². The van der Waals surface area contributed by atoms with Gasteiger partial charge in [0.25, 0.3) is 0 Å². The van der Waals surface area contributed by atoms with Crippen molar-refractivity contribution in [3.05, 3.63) is 42.4 Å². The molecule has 0 spiro atoms. The van der Waals surface area contributed by atoms with Gasteiger partial charge in [-0.15, -0.1) is 0 Å². The average Bonchev–Trinajstić information content (AvgIpc) is 3.42. The third-order valence-corrected chi connectivity index (χ3v) is 3.58. The van der Waals surface area contributed by atoms with Crippen molar-refractivity contribution < 1.29 is 40.7 Å². The summed E-state index contributed by atoms with van der Waals surface area (Å²) in [7, 11) is 3.48. The molecule has 3 rings (SSSR count). The fraction of sp³-hybridized carbons (Fsp3) is 0.389. The molecule has 33 heavy (non-hydrogen) atoms. The predicted molar refractivity (Wildman–Crippen MR) is 102 cm³/mol. The molecule has 0 atom stereocenters. The Kier molecular flexibility index (Phi) is 9.36. The van der Waals surface area contributed by atoms with E-state index in [9.17, 15) is 35.9 Å². The summed E-state index contributed by atoms with van der Waals surface area (Å²) < 4.78 is 77.2. The van der Waals surface area contributed by atoms with Gasteiger partial charge < -0.3 is 13.9 Å². The maximum absolute atomic E-state index is 12.2. The Morgan fingerprint density at radius 2 is 1.61 bits per heavy atom. The highest BCUT2D eigenvalue weighted by molar-refractivity contribution is 5.90. The smallest absolute Gasteiger partial charge is 0.459 e. The third-order valence-electron chi connectivity index (χ3n) is 3.58. The van der Waals surface area contributed by atoms with Crippen molar-refractivity contribution in [2.24, 2.45) is 14.1 Å². The number of alkyl halides is 6. The molecule has 1 N–H and O–H groups in total. The van der Waals surface area contributed by atoms with Gasteiger partial charge in [0.05, 0.1) is 6.61 Å². The lowest BCUT2D eigenvalue weighted by Crippen LogP contribution is -2.25. The van der Waals surface area contributed by atoms with Crippen molar-refractivity contribution in [3.63, 3.8) is 0 Å². The lowest BCUT2D eigenvalue weighted by molar-refractivity contribution is -0.199. The van der Waals surface area contributed by atoms with Crippen molar-refractivity contribution in [2.75, 3.05) is 6.61 Å². The van der Waals surface area contributed by atoms with Gasteiger partial charge in [0, 0.05) is 45.8 Å². The second kappa shape index (κ2) is 11.3. The van der Waals surface area contributed by atoms with Gasteiger partial charge in [-0.2, -0.15) is 31.4 Å². The summed E-state index contributed by atoms with van der Waals surface area (Å²) in [5.41, 5.74) is -0.699. The van der Waals surface area contributed by atoms with Gasteiger partial charge in [0.2, 0.25) is 0 Å². The molecule has 0 aliphatic rings. The van der Waals surface area contributed by atoms with Gasteiger partial charge in [-0.3, -0.25) is 9.89 Å². The summed E-state index contributed by atoms with van der Waals surface area (Å²) in [5.74, 6) is -1.23. The Bertz CT molecular complexity index is 1050. The zero-order valence-electron chi connectivity index (χ0n) is 17.8. The van der Waals surface area contributed by atoms with Gasteiger partial charge in [-0.1, -0.05) is 0 Å². The summed E-state index contributed by atoms with van der Waals surface area (Å²) in [6.45, 7) is 2.56. The van der Waals surface area contributed by atoms with Gasteiger partial charge in [-0.25, -0.2) is 14.8 Å². The monoisotopic (exact) mass is 482 g/mol. The number of halogens is 6. The molecule has 0 radical (unpaired) electrons. The number of aromatic nitrogens is 6. The standard InChI is InChI=1S/C8H7F3N4.C6H8N2O.C4H5F3O2/c1-15-3-2-12-7(15)5-4-6(14-13-5)8(9,10)11;1-5(9)6-7-3-4-8(6)2;1-2-9-3(8)4(5,6)7/h2-4H,1H3,(H,13,14);3-4H,1-2H3;2H2,1H3. The number of H-pyrrole nitrogens is 1. The van der Waals surface area contributed by atoms with Gasteiger partial charge in [-0.05, 0) is 13.0 Å². The molecule has 182 valence electrons. The minimum Gasteiger partial charge on any atom is -0.459 e. The first-order chi connectivity index (χ1) is 15.2. The van der Waals surface area contributed by atoms with Crippen LogP contribution in [0, 0.1) is 0 Å². The number of carbonyl (C=O) groups is 2. The lowest BCUT2D eigenvalue weighted by Gasteiger charge is -2.02. The SMILES string of the molecule is CC(=O)c1nccn1C.CCOC(=O)C(F)(F)F.Cn1ccnc1-c1cc(C(F)(F)F)[nH]n1. The number of nitrogens with zero attached hydrogens (tertiary/aromatic N) is 5. The molecule has 0 saturated heterocycles. The molecule has 0 fully saturated rings. The lowest BCUT2D eigenvalue weighted by atomic mass is 10.3. The highest BCUT2D eigenvalue weighted by Crippen LogP contribution is 2.29. The molecule has 15 heteroatoms. The Labute approximate surface area is 183 Å². The fourth-order valence-electron chi connectivity index (χ4n) is 2.11. The Balaban J connectivity index is 0.000000264. The predicted octanol–water partition coefficient (Wildman–Crippen LogP) is 3.56. The number of aryl methyl sites for hydroxylation is 2. The van der Waals surface area contributed by atoms with Crippen molar-refractivity contribution >= 4 is 11.8 Å². The molecular weight excluding hydrogens is 462 g/mol. The van der Waals surface area contributed by atoms with Crippen LogP contribution in [0.2, 0.25) is 0 Å². The molecule has 0 saturated carbocycles. The van der Waals surface area contributed by atoms with Crippen molar-refractivity contribution in [1.29, 1.82) is 0 Å². The van der Waals surface area contributed by atoms with E-state index in [0.717, 1.165) is 6.07 Å². The minimum atomic E-state index is -4.85. The summed E-state index contributed by atoms with van der Waals surface area (Å²) in [4.78, 5) is 28.1. The zero-order chi connectivity index (χ0) is 25.4. The molecule has 0 unspecified atom stereocenters. The first-order valence-electron chi connectivity index (χ1n) is 9.00. The van der Waals surface area contributed by atoms with E-state index in [2.05, 4.69) is 19.8 Å². The second-order valence-electron chi connectivity index (χ2n) is 6.16. The number of hydrogen-bond donors (Lipinski definition) is 1. The minimum absolute atomic E-state index is 0.00231. The average molecular weight is 482 g/mol. The summed E-state index contributed by atoms with van der Waals surface area (Å²) in [6, 6.07) is 0.933. The highest BCUT2D eigenvalue weighted by atomic mass is 19.4. The van der Waals surface area contributed by atoms with E-state index in [1.54, 1.807) is 41.8 Å². The number of ketones is 1. The summed E-state index contributed by atoms with van der Waals surface area (Å²) >= 11 is 0. The fourth-order valence-corrected chi connectivity index (χ4v) is 2.11. The molecule has 3 aromatic rings. The normalized spacial score (nSPS) is 11.1. The van der Waals surface area contributed by atoms with Crippen LogP contribution in [0.15, 0.2) is 30.9 Å². The van der Waals surface area contributed by atoms with E-state index >= 15 is 0 Å². The van der Waals surface area contributed by atoms with Crippen LogP contribution in [0.3, 0.4) is 0 Å². The van der Waals surface area contributed by atoms with Crippen molar-refractivity contribution in [1.82, 2.24) is 29.3 Å². The number of Topliss-reactive ketones (excluding diaryl/α,β-unsaturated/α-hetero) is 1. The van der Waals surface area contributed by atoms with Gasteiger partial charge in [0.15, 0.2) is 17.4 Å². The highest BCUT2D eigenvalue weighted by Gasteiger charge is 2.40. The third kappa shape index (κ3) is 8.42. The zero-order valence-corrected chi connectivity index (χ0v) is 17.8. The van der Waals surface area contributed by atoms with Crippen LogP contribution >= 0.6 is 0 Å². The second-order valence-corrected chi connectivity index (χ2v) is 6.16. The maximum atomic E-state index is 12.2. The Hall–Kier alpha value is -3.65. The topological polar surface area (TPSA) is 108 Å². The number of imidazole rings is 2. The van der Waals surface area contributed by atoms with E-state index in [-0.39, 0.29) is 18.1 Å². The van der Waals surface area contributed by atoms with Crippen LogP contribution in [-0.2, 0) is 29.8 Å². The number of ether oxygens (including phenoxy) is 1. The summed E-state index contributed by atoms with van der Waals surface area (Å²) in [6.07, 6.45) is -2.77. The van der Waals surface area contributed by atoms with E-state index in [4.69, 9.17) is 0 Å².